The van der Waals surface area contributed by atoms with Crippen molar-refractivity contribution >= 4 is 5.78 Å². The zero-order valence-corrected chi connectivity index (χ0v) is 11.1. The van der Waals surface area contributed by atoms with E-state index in [9.17, 15) is 4.79 Å². The molecule has 1 aliphatic rings. The van der Waals surface area contributed by atoms with Crippen LogP contribution in [0.3, 0.4) is 0 Å². The maximum absolute atomic E-state index is 11.6. The molecule has 0 aromatic heterocycles. The Kier molecular flexibility index (Phi) is 5.47. The van der Waals surface area contributed by atoms with Crippen LogP contribution in [0.1, 0.15) is 72.1 Å². The molecule has 2 nitrogen and oxygen atoms in total. The summed E-state index contributed by atoms with van der Waals surface area (Å²) in [5.74, 6) is 0.267. The third-order valence-corrected chi connectivity index (χ3v) is 3.43. The molecule has 1 rings (SSSR count). The Morgan fingerprint density at radius 1 is 1.19 bits per heavy atom. The van der Waals surface area contributed by atoms with E-state index in [0.717, 1.165) is 6.42 Å². The summed E-state index contributed by atoms with van der Waals surface area (Å²) < 4.78 is 5.74. The quantitative estimate of drug-likeness (QED) is 0.616. The topological polar surface area (TPSA) is 26.3 Å². The first-order valence-electron chi connectivity index (χ1n) is 6.77. The van der Waals surface area contributed by atoms with E-state index in [2.05, 4.69) is 6.92 Å². The highest BCUT2D eigenvalue weighted by Gasteiger charge is 2.39. The summed E-state index contributed by atoms with van der Waals surface area (Å²) in [4.78, 5) is 11.6. The van der Waals surface area contributed by atoms with Gasteiger partial charge in [-0.3, -0.25) is 4.79 Å². The zero-order chi connectivity index (χ0) is 12.0. The standard InChI is InChI=1S/C14H26O2/c1-4-5-6-7-8-9-10-12-11-13(15)14(2,3)16-12/h12H,4-11H2,1-3H3. The fraction of sp³-hybridized carbons (Fsp3) is 0.929. The number of hydrogen-bond donors (Lipinski definition) is 0. The first-order valence-corrected chi connectivity index (χ1v) is 6.77. The second kappa shape index (κ2) is 6.39. The van der Waals surface area contributed by atoms with Gasteiger partial charge in [-0.15, -0.1) is 0 Å². The molecule has 1 heterocycles. The fourth-order valence-corrected chi connectivity index (χ4v) is 2.29. The van der Waals surface area contributed by atoms with Crippen LogP contribution >= 0.6 is 0 Å². The number of ketones is 1. The Bertz CT molecular complexity index is 221. The molecular weight excluding hydrogens is 200 g/mol. The van der Waals surface area contributed by atoms with E-state index in [1.165, 1.54) is 38.5 Å². The fourth-order valence-electron chi connectivity index (χ4n) is 2.29. The van der Waals surface area contributed by atoms with Crippen LogP contribution in [0.2, 0.25) is 0 Å². The van der Waals surface area contributed by atoms with Gasteiger partial charge in [0, 0.05) is 6.42 Å². The van der Waals surface area contributed by atoms with Crippen LogP contribution < -0.4 is 0 Å². The number of hydrogen-bond acceptors (Lipinski definition) is 2. The molecule has 1 aliphatic heterocycles. The normalized spacial score (nSPS) is 23.9. The smallest absolute Gasteiger partial charge is 0.166 e. The van der Waals surface area contributed by atoms with Crippen LogP contribution in [-0.4, -0.2) is 17.5 Å². The number of ether oxygens (including phenoxy) is 1. The van der Waals surface area contributed by atoms with Crippen LogP contribution in [0, 0.1) is 0 Å². The molecule has 94 valence electrons. The minimum Gasteiger partial charge on any atom is -0.364 e. The predicted molar refractivity (Wildman–Crippen MR) is 66.6 cm³/mol. The minimum absolute atomic E-state index is 0.189. The van der Waals surface area contributed by atoms with Crippen molar-refractivity contribution in [2.45, 2.75) is 83.8 Å². The number of unbranched alkanes of at least 4 members (excludes halogenated alkanes) is 5. The second-order valence-corrected chi connectivity index (χ2v) is 5.43. The average molecular weight is 226 g/mol. The van der Waals surface area contributed by atoms with E-state index in [1.54, 1.807) is 0 Å². The van der Waals surface area contributed by atoms with Crippen molar-refractivity contribution in [3.63, 3.8) is 0 Å². The molecule has 0 aliphatic carbocycles. The first-order chi connectivity index (χ1) is 7.56. The number of rotatable bonds is 7. The number of Topliss-reactive ketones (excluding diaryl/α,β-unsaturated/α-hetero) is 1. The Labute approximate surface area is 99.8 Å². The van der Waals surface area contributed by atoms with Crippen molar-refractivity contribution in [2.75, 3.05) is 0 Å². The van der Waals surface area contributed by atoms with Crippen molar-refractivity contribution in [1.29, 1.82) is 0 Å². The van der Waals surface area contributed by atoms with Crippen LogP contribution in [0.5, 0.6) is 0 Å². The molecule has 1 fully saturated rings. The molecule has 1 atom stereocenters. The van der Waals surface area contributed by atoms with E-state index in [-0.39, 0.29) is 11.9 Å². The molecule has 0 N–H and O–H groups in total. The molecule has 1 unspecified atom stereocenters. The Morgan fingerprint density at radius 2 is 1.81 bits per heavy atom. The van der Waals surface area contributed by atoms with E-state index in [4.69, 9.17) is 4.74 Å². The lowest BCUT2D eigenvalue weighted by molar-refractivity contribution is -0.129. The van der Waals surface area contributed by atoms with Gasteiger partial charge in [0.2, 0.25) is 0 Å². The summed E-state index contributed by atoms with van der Waals surface area (Å²) in [6.45, 7) is 6.01. The summed E-state index contributed by atoms with van der Waals surface area (Å²) >= 11 is 0. The van der Waals surface area contributed by atoms with Gasteiger partial charge in [-0.05, 0) is 20.3 Å². The van der Waals surface area contributed by atoms with E-state index in [0.29, 0.717) is 6.42 Å². The van der Waals surface area contributed by atoms with Gasteiger partial charge in [0.1, 0.15) is 5.60 Å². The lowest BCUT2D eigenvalue weighted by Gasteiger charge is -2.17. The third kappa shape index (κ3) is 4.25. The molecule has 0 aromatic rings. The molecule has 16 heavy (non-hydrogen) atoms. The molecule has 0 bridgehead atoms. The predicted octanol–water partition coefficient (Wildman–Crippen LogP) is 3.87. The van der Waals surface area contributed by atoms with Gasteiger partial charge in [-0.25, -0.2) is 0 Å². The minimum atomic E-state index is -0.521. The van der Waals surface area contributed by atoms with Gasteiger partial charge in [-0.1, -0.05) is 45.4 Å². The van der Waals surface area contributed by atoms with Crippen molar-refractivity contribution in [3.8, 4) is 0 Å². The maximum atomic E-state index is 11.6. The molecule has 1 saturated heterocycles. The van der Waals surface area contributed by atoms with E-state index < -0.39 is 5.60 Å². The van der Waals surface area contributed by atoms with Crippen molar-refractivity contribution in [1.82, 2.24) is 0 Å². The monoisotopic (exact) mass is 226 g/mol. The zero-order valence-electron chi connectivity index (χ0n) is 11.1. The summed E-state index contributed by atoms with van der Waals surface area (Å²) in [5, 5.41) is 0. The summed E-state index contributed by atoms with van der Waals surface area (Å²) in [6, 6.07) is 0. The van der Waals surface area contributed by atoms with Gasteiger partial charge >= 0.3 is 0 Å². The van der Waals surface area contributed by atoms with Crippen LogP contribution in [0.15, 0.2) is 0 Å². The van der Waals surface area contributed by atoms with Crippen LogP contribution in [0.4, 0.5) is 0 Å². The van der Waals surface area contributed by atoms with Gasteiger partial charge in [0.15, 0.2) is 5.78 Å². The van der Waals surface area contributed by atoms with Crippen molar-refractivity contribution in [2.24, 2.45) is 0 Å². The Morgan fingerprint density at radius 3 is 2.38 bits per heavy atom. The molecule has 0 radical (unpaired) electrons. The number of carbonyl (C=O) groups is 1. The highest BCUT2D eigenvalue weighted by molar-refractivity contribution is 5.88. The summed E-state index contributed by atoms with van der Waals surface area (Å²) in [5.41, 5.74) is -0.521. The maximum Gasteiger partial charge on any atom is 0.166 e. The second-order valence-electron chi connectivity index (χ2n) is 5.43. The van der Waals surface area contributed by atoms with Gasteiger partial charge < -0.3 is 4.74 Å². The first kappa shape index (κ1) is 13.7. The van der Waals surface area contributed by atoms with Gasteiger partial charge in [0.05, 0.1) is 6.10 Å². The lowest BCUT2D eigenvalue weighted by Crippen LogP contribution is -2.27. The summed E-state index contributed by atoms with van der Waals surface area (Å²) in [6.07, 6.45) is 9.70. The molecule has 0 saturated carbocycles. The molecule has 2 heteroatoms. The molecular formula is C14H26O2. The van der Waals surface area contributed by atoms with E-state index in [1.807, 2.05) is 13.8 Å². The van der Waals surface area contributed by atoms with E-state index >= 15 is 0 Å². The Balaban J connectivity index is 2.05. The average Bonchev–Trinajstić information content (AvgIpc) is 2.47. The van der Waals surface area contributed by atoms with Crippen LogP contribution in [-0.2, 0) is 9.53 Å². The van der Waals surface area contributed by atoms with Crippen molar-refractivity contribution in [3.05, 3.63) is 0 Å². The molecule has 0 amide bonds. The Hall–Kier alpha value is -0.370. The highest BCUT2D eigenvalue weighted by Crippen LogP contribution is 2.29. The molecule has 0 aromatic carbocycles. The van der Waals surface area contributed by atoms with Crippen LogP contribution in [0.25, 0.3) is 0 Å². The summed E-state index contributed by atoms with van der Waals surface area (Å²) in [7, 11) is 0. The van der Waals surface area contributed by atoms with Gasteiger partial charge in [-0.2, -0.15) is 0 Å². The molecule has 0 spiro atoms. The highest BCUT2D eigenvalue weighted by atomic mass is 16.5. The largest absolute Gasteiger partial charge is 0.364 e. The number of carbonyl (C=O) groups excluding carboxylic acids is 1. The SMILES string of the molecule is CCCCCCCCC1CC(=O)C(C)(C)O1. The van der Waals surface area contributed by atoms with Gasteiger partial charge in [0.25, 0.3) is 0 Å². The third-order valence-electron chi connectivity index (χ3n) is 3.43. The van der Waals surface area contributed by atoms with Crippen molar-refractivity contribution < 1.29 is 9.53 Å². The lowest BCUT2D eigenvalue weighted by atomic mass is 10.0.